The number of carbonyl (C=O) groups is 2. The molecule has 0 aromatic rings. The lowest BCUT2D eigenvalue weighted by molar-refractivity contribution is -0.136. The van der Waals surface area contributed by atoms with Crippen LogP contribution in [0.4, 0.5) is 0 Å². The monoisotopic (exact) mass is 419 g/mol. The van der Waals surface area contributed by atoms with Gasteiger partial charge in [0.05, 0.1) is 11.1 Å². The van der Waals surface area contributed by atoms with Crippen LogP contribution in [-0.2, 0) is 9.59 Å². The first kappa shape index (κ1) is 16.2. The van der Waals surface area contributed by atoms with Crippen molar-refractivity contribution >= 4 is 53.2 Å². The molecule has 2 heterocycles. The smallest absolute Gasteiger partial charge is 0.261 e. The molecule has 0 radical (unpaired) electrons. The maximum atomic E-state index is 12.3. The summed E-state index contributed by atoms with van der Waals surface area (Å²) in [6.07, 6.45) is 6.94. The van der Waals surface area contributed by atoms with E-state index in [-0.39, 0.29) is 11.8 Å². The van der Waals surface area contributed by atoms with Crippen molar-refractivity contribution in [1.29, 1.82) is 0 Å². The third kappa shape index (κ3) is 3.17. The molecule has 0 bridgehead atoms. The largest absolute Gasteiger partial charge is 0.274 e. The lowest BCUT2D eigenvalue weighted by atomic mass is 10.1. The fourth-order valence-corrected chi connectivity index (χ4v) is 7.47. The van der Waals surface area contributed by atoms with Gasteiger partial charge >= 0.3 is 0 Å². The highest BCUT2D eigenvalue weighted by molar-refractivity contribution is 9.13. The summed E-state index contributed by atoms with van der Waals surface area (Å²) >= 11 is 6.92. The molecular formula is C14H19Br2NO2Si. The number of amides is 2. The average Bonchev–Trinajstić information content (AvgIpc) is 2.84. The molecule has 2 amide bonds. The van der Waals surface area contributed by atoms with E-state index >= 15 is 0 Å². The molecule has 1 fully saturated rings. The fourth-order valence-electron chi connectivity index (χ4n) is 2.65. The van der Waals surface area contributed by atoms with E-state index < -0.39 is 9.52 Å². The number of imide groups is 1. The first-order valence-corrected chi connectivity index (χ1v) is 10.2. The van der Waals surface area contributed by atoms with Gasteiger partial charge in [0, 0.05) is 6.54 Å². The lowest BCUT2D eigenvalue weighted by Gasteiger charge is -2.13. The molecular weight excluding hydrogens is 402 g/mol. The van der Waals surface area contributed by atoms with Crippen molar-refractivity contribution in [2.45, 2.75) is 45.4 Å². The highest BCUT2D eigenvalue weighted by Crippen LogP contribution is 2.39. The van der Waals surface area contributed by atoms with E-state index in [0.29, 0.717) is 17.7 Å². The predicted octanol–water partition coefficient (Wildman–Crippen LogP) is 3.11. The Balaban J connectivity index is 1.90. The molecule has 0 aromatic heterocycles. The molecule has 20 heavy (non-hydrogen) atoms. The van der Waals surface area contributed by atoms with Crippen molar-refractivity contribution < 1.29 is 9.59 Å². The zero-order valence-electron chi connectivity index (χ0n) is 11.7. The van der Waals surface area contributed by atoms with Gasteiger partial charge in [-0.25, -0.2) is 0 Å². The standard InChI is InChI=1S/C14H19Br2NO2Si/c1-2-3-4-5-6-7-8-17-13(18)9-10(14(17)19)12(16)20-11(9)15/h2-8,20H2,1H3. The average molecular weight is 421 g/mol. The molecule has 2 aliphatic rings. The summed E-state index contributed by atoms with van der Waals surface area (Å²) in [6.45, 7) is 2.75. The van der Waals surface area contributed by atoms with Gasteiger partial charge in [0.1, 0.15) is 9.52 Å². The molecule has 0 aliphatic carbocycles. The van der Waals surface area contributed by atoms with Gasteiger partial charge in [0.2, 0.25) is 0 Å². The highest BCUT2D eigenvalue weighted by Gasteiger charge is 2.44. The minimum Gasteiger partial charge on any atom is -0.274 e. The van der Waals surface area contributed by atoms with Crippen LogP contribution in [0.1, 0.15) is 45.4 Å². The molecule has 110 valence electrons. The highest BCUT2D eigenvalue weighted by atomic mass is 79.9. The minimum atomic E-state index is -0.658. The molecule has 0 unspecified atom stereocenters. The number of halogens is 2. The van der Waals surface area contributed by atoms with Crippen LogP contribution in [0.5, 0.6) is 0 Å². The van der Waals surface area contributed by atoms with E-state index in [4.69, 9.17) is 0 Å². The van der Waals surface area contributed by atoms with Crippen LogP contribution in [-0.4, -0.2) is 32.8 Å². The summed E-state index contributed by atoms with van der Waals surface area (Å²) < 4.78 is 1.92. The van der Waals surface area contributed by atoms with E-state index in [1.54, 1.807) is 0 Å². The van der Waals surface area contributed by atoms with Gasteiger partial charge in [-0.15, -0.1) is 0 Å². The Morgan fingerprint density at radius 1 is 0.900 bits per heavy atom. The summed E-state index contributed by atoms with van der Waals surface area (Å²) in [5.41, 5.74) is 1.25. The molecule has 0 N–H and O–H groups in total. The Labute approximate surface area is 138 Å². The third-order valence-electron chi connectivity index (χ3n) is 3.76. The van der Waals surface area contributed by atoms with Crippen LogP contribution < -0.4 is 0 Å². The molecule has 1 saturated heterocycles. The Hall–Kier alpha value is -0.203. The number of carbonyl (C=O) groups excluding carboxylic acids is 2. The number of unbranched alkanes of at least 4 members (excludes halogenated alkanes) is 5. The topological polar surface area (TPSA) is 37.4 Å². The van der Waals surface area contributed by atoms with Crippen molar-refractivity contribution in [3.63, 3.8) is 0 Å². The van der Waals surface area contributed by atoms with Crippen molar-refractivity contribution in [2.75, 3.05) is 6.54 Å². The Kier molecular flexibility index (Phi) is 5.81. The van der Waals surface area contributed by atoms with E-state index in [0.717, 1.165) is 21.1 Å². The van der Waals surface area contributed by atoms with Gasteiger partial charge in [0.25, 0.3) is 11.8 Å². The van der Waals surface area contributed by atoms with E-state index in [1.165, 1.54) is 30.6 Å². The van der Waals surface area contributed by atoms with Crippen molar-refractivity contribution in [3.05, 3.63) is 19.4 Å². The van der Waals surface area contributed by atoms with Crippen LogP contribution in [0, 0.1) is 0 Å². The number of nitrogens with zero attached hydrogens (tertiary/aromatic N) is 1. The molecule has 2 aliphatic heterocycles. The molecule has 0 aromatic carbocycles. The zero-order chi connectivity index (χ0) is 14.7. The predicted molar refractivity (Wildman–Crippen MR) is 90.5 cm³/mol. The number of likely N-dealkylation sites (tertiary alicyclic amines) is 1. The molecule has 0 spiro atoms. The Morgan fingerprint density at radius 2 is 1.40 bits per heavy atom. The molecule has 0 atom stereocenters. The Morgan fingerprint density at radius 3 is 1.95 bits per heavy atom. The summed E-state index contributed by atoms with van der Waals surface area (Å²) in [5.74, 6) is -0.209. The van der Waals surface area contributed by atoms with Crippen LogP contribution in [0.3, 0.4) is 0 Å². The zero-order valence-corrected chi connectivity index (χ0v) is 16.3. The first-order valence-electron chi connectivity index (χ1n) is 7.21. The number of rotatable bonds is 7. The summed E-state index contributed by atoms with van der Waals surface area (Å²) in [7, 11) is -0.658. The van der Waals surface area contributed by atoms with Gasteiger partial charge in [-0.2, -0.15) is 0 Å². The van der Waals surface area contributed by atoms with Crippen molar-refractivity contribution in [3.8, 4) is 0 Å². The molecule has 3 nitrogen and oxygen atoms in total. The van der Waals surface area contributed by atoms with Gasteiger partial charge < -0.3 is 0 Å². The van der Waals surface area contributed by atoms with Gasteiger partial charge in [-0.3, -0.25) is 14.5 Å². The number of hydrogen-bond donors (Lipinski definition) is 0. The molecule has 6 heteroatoms. The quantitative estimate of drug-likeness (QED) is 0.360. The summed E-state index contributed by atoms with van der Waals surface area (Å²) in [4.78, 5) is 26.0. The second-order valence-corrected chi connectivity index (χ2v) is 11.0. The fraction of sp³-hybridized carbons (Fsp3) is 0.571. The lowest BCUT2D eigenvalue weighted by Crippen LogP contribution is -2.31. The van der Waals surface area contributed by atoms with Crippen molar-refractivity contribution in [2.24, 2.45) is 0 Å². The SMILES string of the molecule is CCCCCCCCN1C(=O)C2=C(Br)[SiH2]C(Br)=C2C1=O. The van der Waals surface area contributed by atoms with Crippen LogP contribution in [0.2, 0.25) is 0 Å². The van der Waals surface area contributed by atoms with Crippen LogP contribution >= 0.6 is 31.9 Å². The van der Waals surface area contributed by atoms with Gasteiger partial charge in [-0.1, -0.05) is 70.9 Å². The number of hydrogen-bond acceptors (Lipinski definition) is 2. The number of fused-ring (bicyclic) bond motifs is 1. The molecule has 0 saturated carbocycles. The van der Waals surface area contributed by atoms with E-state index in [9.17, 15) is 9.59 Å². The van der Waals surface area contributed by atoms with Gasteiger partial charge in [-0.05, 0) is 14.6 Å². The summed E-state index contributed by atoms with van der Waals surface area (Å²) in [6, 6.07) is 0. The van der Waals surface area contributed by atoms with E-state index in [1.807, 2.05) is 0 Å². The molecule has 2 rings (SSSR count). The summed E-state index contributed by atoms with van der Waals surface area (Å²) in [5, 5.41) is 0. The van der Waals surface area contributed by atoms with Crippen LogP contribution in [0.15, 0.2) is 19.4 Å². The second-order valence-electron chi connectivity index (χ2n) is 5.27. The second kappa shape index (κ2) is 7.18. The maximum absolute atomic E-state index is 12.3. The normalized spacial score (nSPS) is 18.6. The van der Waals surface area contributed by atoms with Crippen molar-refractivity contribution in [1.82, 2.24) is 4.90 Å². The first-order chi connectivity index (χ1) is 9.57. The van der Waals surface area contributed by atoms with Crippen LogP contribution in [0.25, 0.3) is 0 Å². The van der Waals surface area contributed by atoms with E-state index in [2.05, 4.69) is 38.8 Å². The Bertz CT molecular complexity index is 463. The third-order valence-corrected chi connectivity index (χ3v) is 7.56. The maximum Gasteiger partial charge on any atom is 0.261 e. The minimum absolute atomic E-state index is 0.104. The van der Waals surface area contributed by atoms with Gasteiger partial charge in [0.15, 0.2) is 0 Å².